The fraction of sp³-hybridized carbons (Fsp3) is 0.588. The zero-order valence-electron chi connectivity index (χ0n) is 14.7. The largest absolute Gasteiger partial charge is 0.412 e. The predicted octanol–water partition coefficient (Wildman–Crippen LogP) is 4.93. The Labute approximate surface area is 144 Å². The maximum absolute atomic E-state index is 12.4. The molecule has 0 saturated carbocycles. The summed E-state index contributed by atoms with van der Waals surface area (Å²) in [5.41, 5.74) is 0.699. The number of halogens is 1. The number of carbonyl (C=O) groups is 1. The van der Waals surface area contributed by atoms with Crippen molar-refractivity contribution in [2.45, 2.75) is 51.9 Å². The molecule has 0 spiro atoms. The Morgan fingerprint density at radius 2 is 1.77 bits per heavy atom. The molecule has 0 aromatic heterocycles. The van der Waals surface area contributed by atoms with Crippen LogP contribution >= 0.6 is 15.9 Å². The highest BCUT2D eigenvalue weighted by Gasteiger charge is 2.38. The molecule has 1 rings (SSSR count). The van der Waals surface area contributed by atoms with E-state index >= 15 is 0 Å². The minimum absolute atomic E-state index is 0.0261. The molecule has 0 bridgehead atoms. The first kappa shape index (κ1) is 19.4. The first-order valence-corrected chi connectivity index (χ1v) is 11.3. The molecule has 1 amide bonds. The Balaban J connectivity index is 2.66. The van der Waals surface area contributed by atoms with Crippen LogP contribution in [0, 0.1) is 0 Å². The summed E-state index contributed by atoms with van der Waals surface area (Å²) >= 11 is 3.38. The summed E-state index contributed by atoms with van der Waals surface area (Å²) in [6.07, 6.45) is 0.0327. The molecule has 0 heterocycles. The van der Waals surface area contributed by atoms with Gasteiger partial charge in [-0.05, 0) is 49.3 Å². The highest BCUT2D eigenvalue weighted by Crippen LogP contribution is 2.37. The standard InChI is InChI=1S/C17H28BrNO2Si/c1-13(21-22(6,7)17(2,3)4)12-19(5)16(20)14-8-10-15(18)11-9-14/h8-11,13H,12H2,1-7H3. The van der Waals surface area contributed by atoms with Gasteiger partial charge in [0.05, 0.1) is 6.10 Å². The lowest BCUT2D eigenvalue weighted by atomic mass is 10.2. The van der Waals surface area contributed by atoms with E-state index in [-0.39, 0.29) is 17.0 Å². The summed E-state index contributed by atoms with van der Waals surface area (Å²) in [5, 5.41) is 0.176. The van der Waals surface area contributed by atoms with Crippen LogP contribution in [-0.2, 0) is 4.43 Å². The van der Waals surface area contributed by atoms with Gasteiger partial charge in [0.1, 0.15) is 0 Å². The third kappa shape index (κ3) is 5.21. The van der Waals surface area contributed by atoms with Gasteiger partial charge in [-0.3, -0.25) is 4.79 Å². The van der Waals surface area contributed by atoms with Crippen LogP contribution in [0.2, 0.25) is 18.1 Å². The van der Waals surface area contributed by atoms with E-state index in [0.29, 0.717) is 12.1 Å². The molecule has 22 heavy (non-hydrogen) atoms. The van der Waals surface area contributed by atoms with E-state index in [1.165, 1.54) is 0 Å². The van der Waals surface area contributed by atoms with Crippen molar-refractivity contribution < 1.29 is 9.22 Å². The minimum Gasteiger partial charge on any atom is -0.412 e. The van der Waals surface area contributed by atoms with E-state index in [2.05, 4.69) is 49.8 Å². The average molecular weight is 386 g/mol. The SMILES string of the molecule is CC(CN(C)C(=O)c1ccc(Br)cc1)O[Si](C)(C)C(C)(C)C. The highest BCUT2D eigenvalue weighted by atomic mass is 79.9. The molecule has 0 aliphatic rings. The number of likely N-dealkylation sites (N-methyl/N-ethyl adjacent to an activating group) is 1. The van der Waals surface area contributed by atoms with Gasteiger partial charge in [-0.25, -0.2) is 0 Å². The van der Waals surface area contributed by atoms with E-state index in [4.69, 9.17) is 4.43 Å². The number of carbonyl (C=O) groups excluding carboxylic acids is 1. The molecule has 1 unspecified atom stereocenters. The number of rotatable bonds is 5. The zero-order valence-corrected chi connectivity index (χ0v) is 17.3. The molecule has 0 aliphatic heterocycles. The fourth-order valence-electron chi connectivity index (χ4n) is 2.00. The fourth-order valence-corrected chi connectivity index (χ4v) is 3.70. The monoisotopic (exact) mass is 385 g/mol. The molecule has 0 fully saturated rings. The van der Waals surface area contributed by atoms with Gasteiger partial charge in [0.15, 0.2) is 8.32 Å². The molecule has 5 heteroatoms. The summed E-state index contributed by atoms with van der Waals surface area (Å²) in [6.45, 7) is 13.8. The second kappa shape index (κ2) is 7.28. The van der Waals surface area contributed by atoms with Gasteiger partial charge in [-0.15, -0.1) is 0 Å². The van der Waals surface area contributed by atoms with Crippen LogP contribution in [0.3, 0.4) is 0 Å². The summed E-state index contributed by atoms with van der Waals surface area (Å²) in [4.78, 5) is 14.2. The topological polar surface area (TPSA) is 29.5 Å². The van der Waals surface area contributed by atoms with Crippen LogP contribution in [0.15, 0.2) is 28.7 Å². The van der Waals surface area contributed by atoms with Crippen molar-refractivity contribution >= 4 is 30.2 Å². The maximum Gasteiger partial charge on any atom is 0.253 e. The second-order valence-corrected chi connectivity index (χ2v) is 13.1. The van der Waals surface area contributed by atoms with Gasteiger partial charge in [-0.2, -0.15) is 0 Å². The zero-order chi connectivity index (χ0) is 17.1. The van der Waals surface area contributed by atoms with Crippen LogP contribution in [0.1, 0.15) is 38.1 Å². The third-order valence-electron chi connectivity index (χ3n) is 4.27. The van der Waals surface area contributed by atoms with Crippen molar-refractivity contribution in [1.29, 1.82) is 0 Å². The molecule has 0 N–H and O–H groups in total. The van der Waals surface area contributed by atoms with Crippen LogP contribution in [0.25, 0.3) is 0 Å². The first-order valence-electron chi connectivity index (χ1n) is 7.63. The maximum atomic E-state index is 12.4. The minimum atomic E-state index is -1.80. The van der Waals surface area contributed by atoms with Crippen molar-refractivity contribution in [2.75, 3.05) is 13.6 Å². The summed E-state index contributed by atoms with van der Waals surface area (Å²) in [6, 6.07) is 7.44. The van der Waals surface area contributed by atoms with Crippen LogP contribution in [-0.4, -0.2) is 38.8 Å². The van der Waals surface area contributed by atoms with Crippen molar-refractivity contribution in [2.24, 2.45) is 0 Å². The summed E-state index contributed by atoms with van der Waals surface area (Å²) in [7, 11) is 0.0288. The number of benzene rings is 1. The van der Waals surface area contributed by atoms with Crippen molar-refractivity contribution in [3.05, 3.63) is 34.3 Å². The molecule has 1 aromatic rings. The molecule has 1 atom stereocenters. The molecule has 124 valence electrons. The molecule has 1 aromatic carbocycles. The first-order chi connectivity index (χ1) is 9.94. The third-order valence-corrected chi connectivity index (χ3v) is 9.40. The van der Waals surface area contributed by atoms with Gasteiger partial charge < -0.3 is 9.33 Å². The van der Waals surface area contributed by atoms with Crippen LogP contribution in [0.5, 0.6) is 0 Å². The quantitative estimate of drug-likeness (QED) is 0.672. The number of hydrogen-bond donors (Lipinski definition) is 0. The number of nitrogens with zero attached hydrogens (tertiary/aromatic N) is 1. The van der Waals surface area contributed by atoms with Gasteiger partial charge >= 0.3 is 0 Å². The van der Waals surface area contributed by atoms with E-state index in [1.54, 1.807) is 4.90 Å². The van der Waals surface area contributed by atoms with E-state index in [1.807, 2.05) is 38.2 Å². The Bertz CT molecular complexity index is 508. The van der Waals surface area contributed by atoms with Crippen LogP contribution < -0.4 is 0 Å². The van der Waals surface area contributed by atoms with Crippen molar-refractivity contribution in [3.63, 3.8) is 0 Å². The van der Waals surface area contributed by atoms with Crippen molar-refractivity contribution in [1.82, 2.24) is 4.90 Å². The second-order valence-electron chi connectivity index (χ2n) is 7.38. The van der Waals surface area contributed by atoms with E-state index in [9.17, 15) is 4.79 Å². The Hall–Kier alpha value is -0.653. The highest BCUT2D eigenvalue weighted by molar-refractivity contribution is 9.10. The average Bonchev–Trinajstić information content (AvgIpc) is 2.36. The lowest BCUT2D eigenvalue weighted by molar-refractivity contribution is 0.0714. The normalized spacial score (nSPS) is 13.8. The van der Waals surface area contributed by atoms with Crippen LogP contribution in [0.4, 0.5) is 0 Å². The Morgan fingerprint density at radius 1 is 1.27 bits per heavy atom. The molecular weight excluding hydrogens is 358 g/mol. The van der Waals surface area contributed by atoms with E-state index < -0.39 is 8.32 Å². The van der Waals surface area contributed by atoms with Crippen molar-refractivity contribution in [3.8, 4) is 0 Å². The number of amides is 1. The predicted molar refractivity (Wildman–Crippen MR) is 98.8 cm³/mol. The lowest BCUT2D eigenvalue weighted by Gasteiger charge is -2.39. The van der Waals surface area contributed by atoms with Gasteiger partial charge in [0.25, 0.3) is 5.91 Å². The van der Waals surface area contributed by atoms with E-state index in [0.717, 1.165) is 4.47 Å². The molecule has 3 nitrogen and oxygen atoms in total. The Morgan fingerprint density at radius 3 is 2.23 bits per heavy atom. The smallest absolute Gasteiger partial charge is 0.253 e. The lowest BCUT2D eigenvalue weighted by Crippen LogP contribution is -2.46. The molecule has 0 aliphatic carbocycles. The number of hydrogen-bond acceptors (Lipinski definition) is 2. The Kier molecular flexibility index (Phi) is 6.42. The summed E-state index contributed by atoms with van der Waals surface area (Å²) in [5.74, 6) is 0.0261. The molecular formula is C17H28BrNO2Si. The van der Waals surface area contributed by atoms with Gasteiger partial charge in [0.2, 0.25) is 0 Å². The summed E-state index contributed by atoms with van der Waals surface area (Å²) < 4.78 is 7.29. The van der Waals surface area contributed by atoms with Gasteiger partial charge in [0, 0.05) is 23.6 Å². The van der Waals surface area contributed by atoms with Gasteiger partial charge in [-0.1, -0.05) is 36.7 Å². The molecule has 0 radical (unpaired) electrons. The molecule has 0 saturated heterocycles.